The number of nitrogens with two attached hydrogens (primary N) is 1. The number of aliphatic imine (C=N–C) groups is 1. The first-order valence-corrected chi connectivity index (χ1v) is 11.3. The maximum absolute atomic E-state index is 12.9. The highest BCUT2D eigenvalue weighted by Crippen LogP contribution is 2.32. The second-order valence-corrected chi connectivity index (χ2v) is 8.06. The van der Waals surface area contributed by atoms with Gasteiger partial charge in [0.25, 0.3) is 5.56 Å². The van der Waals surface area contributed by atoms with E-state index in [0.29, 0.717) is 46.4 Å². The summed E-state index contributed by atoms with van der Waals surface area (Å²) in [6, 6.07) is 5.58. The molecule has 0 bridgehead atoms. The zero-order valence-electron chi connectivity index (χ0n) is 19.0. The van der Waals surface area contributed by atoms with E-state index in [2.05, 4.69) is 26.9 Å². The van der Waals surface area contributed by atoms with Crippen LogP contribution in [0.2, 0.25) is 0 Å². The summed E-state index contributed by atoms with van der Waals surface area (Å²) in [6.45, 7) is 6.34. The Hall–Kier alpha value is -3.36. The molecule has 3 aromatic rings. The lowest BCUT2D eigenvalue weighted by atomic mass is 10.1. The number of aromatic nitrogens is 4. The van der Waals surface area contributed by atoms with Gasteiger partial charge in [0, 0.05) is 20.1 Å². The molecule has 0 spiro atoms. The molecule has 0 unspecified atom stereocenters. The smallest absolute Gasteiger partial charge is 0.277 e. The Bertz CT molecular complexity index is 1190. The molecule has 9 heteroatoms. The van der Waals surface area contributed by atoms with Crippen molar-refractivity contribution in [2.75, 3.05) is 19.7 Å². The molecule has 1 fully saturated rings. The first kappa shape index (κ1) is 21.9. The van der Waals surface area contributed by atoms with Crippen molar-refractivity contribution in [1.82, 2.24) is 24.6 Å². The van der Waals surface area contributed by atoms with Crippen LogP contribution in [0.25, 0.3) is 22.4 Å². The van der Waals surface area contributed by atoms with Crippen LogP contribution in [0.1, 0.15) is 45.2 Å². The fourth-order valence-electron chi connectivity index (χ4n) is 4.16. The topological polar surface area (TPSA) is 114 Å². The zero-order valence-corrected chi connectivity index (χ0v) is 19.0. The van der Waals surface area contributed by atoms with Gasteiger partial charge >= 0.3 is 0 Å². The summed E-state index contributed by atoms with van der Waals surface area (Å²) in [5.41, 5.74) is 9.32. The Labute approximate surface area is 187 Å². The maximum atomic E-state index is 12.9. The monoisotopic (exact) mass is 437 g/mol. The van der Waals surface area contributed by atoms with Crippen LogP contribution in [0.5, 0.6) is 5.75 Å². The van der Waals surface area contributed by atoms with Crippen molar-refractivity contribution in [1.29, 1.82) is 0 Å². The molecule has 0 saturated carbocycles. The third-order valence-electron chi connectivity index (χ3n) is 5.69. The third kappa shape index (κ3) is 4.32. The molecule has 32 heavy (non-hydrogen) atoms. The Morgan fingerprint density at radius 2 is 2.03 bits per heavy atom. The van der Waals surface area contributed by atoms with Gasteiger partial charge in [-0.05, 0) is 50.8 Å². The predicted octanol–water partition coefficient (Wildman–Crippen LogP) is 3.11. The number of hydrogen-bond acceptors (Lipinski definition) is 5. The number of likely N-dealkylation sites (tertiary alicyclic amines) is 1. The molecule has 3 heterocycles. The molecule has 0 aliphatic carbocycles. The molecular weight excluding hydrogens is 406 g/mol. The van der Waals surface area contributed by atoms with Crippen LogP contribution in [0.3, 0.4) is 0 Å². The molecule has 4 rings (SSSR count). The van der Waals surface area contributed by atoms with Crippen molar-refractivity contribution in [3.8, 4) is 17.1 Å². The molecule has 0 atom stereocenters. The van der Waals surface area contributed by atoms with E-state index < -0.39 is 0 Å². The molecule has 1 aromatic carbocycles. The van der Waals surface area contributed by atoms with E-state index in [1.54, 1.807) is 11.7 Å². The summed E-state index contributed by atoms with van der Waals surface area (Å²) >= 11 is 0. The fourth-order valence-corrected chi connectivity index (χ4v) is 4.16. The fraction of sp³-hybridized carbons (Fsp3) is 0.478. The van der Waals surface area contributed by atoms with Crippen LogP contribution in [0, 0.1) is 0 Å². The summed E-state index contributed by atoms with van der Waals surface area (Å²) in [7, 11) is 1.77. The lowest BCUT2D eigenvalue weighted by Crippen LogP contribution is -2.40. The van der Waals surface area contributed by atoms with Crippen molar-refractivity contribution >= 4 is 22.7 Å². The van der Waals surface area contributed by atoms with Crippen LogP contribution < -0.4 is 16.0 Å². The molecule has 3 N–H and O–H groups in total. The van der Waals surface area contributed by atoms with Gasteiger partial charge in [0.1, 0.15) is 17.1 Å². The predicted molar refractivity (Wildman–Crippen MR) is 126 cm³/mol. The zero-order chi connectivity index (χ0) is 22.7. The van der Waals surface area contributed by atoms with Gasteiger partial charge in [0.2, 0.25) is 0 Å². The molecule has 0 amide bonds. The van der Waals surface area contributed by atoms with E-state index in [-0.39, 0.29) is 5.56 Å². The van der Waals surface area contributed by atoms with Gasteiger partial charge in [-0.1, -0.05) is 13.3 Å². The quantitative estimate of drug-likeness (QED) is 0.452. The molecule has 170 valence electrons. The van der Waals surface area contributed by atoms with Crippen molar-refractivity contribution in [2.24, 2.45) is 17.8 Å². The van der Waals surface area contributed by atoms with Crippen LogP contribution in [0.4, 0.5) is 5.69 Å². The number of piperidine rings is 1. The Balaban J connectivity index is 1.81. The molecule has 1 aliphatic heterocycles. The number of rotatable bonds is 6. The third-order valence-corrected chi connectivity index (χ3v) is 5.69. The van der Waals surface area contributed by atoms with Crippen LogP contribution in [-0.2, 0) is 13.5 Å². The molecule has 1 aliphatic rings. The van der Waals surface area contributed by atoms with E-state index in [9.17, 15) is 4.79 Å². The summed E-state index contributed by atoms with van der Waals surface area (Å²) in [5.74, 6) is 1.57. The number of nitrogens with zero attached hydrogens (tertiary/aromatic N) is 5. The minimum atomic E-state index is -0.230. The Morgan fingerprint density at radius 3 is 2.75 bits per heavy atom. The summed E-state index contributed by atoms with van der Waals surface area (Å²) < 4.78 is 7.43. The number of benzene rings is 1. The first-order valence-electron chi connectivity index (χ1n) is 11.3. The normalized spacial score (nSPS) is 14.8. The summed E-state index contributed by atoms with van der Waals surface area (Å²) in [4.78, 5) is 27.3. The molecule has 2 aromatic heterocycles. The number of fused-ring (bicyclic) bond motifs is 1. The number of hydrogen-bond donors (Lipinski definition) is 2. The van der Waals surface area contributed by atoms with Gasteiger partial charge in [-0.25, -0.2) is 9.98 Å². The first-order chi connectivity index (χ1) is 15.5. The van der Waals surface area contributed by atoms with Crippen molar-refractivity contribution in [3.05, 3.63) is 34.2 Å². The van der Waals surface area contributed by atoms with Crippen LogP contribution in [-0.4, -0.2) is 50.3 Å². The highest BCUT2D eigenvalue weighted by Gasteiger charge is 2.18. The largest absolute Gasteiger partial charge is 0.493 e. The summed E-state index contributed by atoms with van der Waals surface area (Å²) in [6.07, 6.45) is 5.15. The highest BCUT2D eigenvalue weighted by atomic mass is 16.5. The van der Waals surface area contributed by atoms with Crippen molar-refractivity contribution in [3.63, 3.8) is 0 Å². The molecular formula is C23H31N7O2. The van der Waals surface area contributed by atoms with E-state index in [1.807, 2.05) is 25.1 Å². The average molecular weight is 438 g/mol. The number of aryl methyl sites for hydroxylation is 2. The van der Waals surface area contributed by atoms with Crippen LogP contribution >= 0.6 is 0 Å². The lowest BCUT2D eigenvalue weighted by molar-refractivity contribution is 0.339. The molecule has 0 radical (unpaired) electrons. The van der Waals surface area contributed by atoms with E-state index in [0.717, 1.165) is 44.5 Å². The van der Waals surface area contributed by atoms with E-state index >= 15 is 0 Å². The Morgan fingerprint density at radius 1 is 1.25 bits per heavy atom. The van der Waals surface area contributed by atoms with Crippen LogP contribution in [0.15, 0.2) is 28.0 Å². The molecule has 1 saturated heterocycles. The highest BCUT2D eigenvalue weighted by molar-refractivity contribution is 5.83. The average Bonchev–Trinajstić information content (AvgIpc) is 3.11. The summed E-state index contributed by atoms with van der Waals surface area (Å²) in [5, 5.41) is 4.50. The van der Waals surface area contributed by atoms with E-state index in [1.165, 1.54) is 6.42 Å². The lowest BCUT2D eigenvalue weighted by Gasteiger charge is -2.27. The van der Waals surface area contributed by atoms with Gasteiger partial charge in [0.15, 0.2) is 11.5 Å². The van der Waals surface area contributed by atoms with Crippen molar-refractivity contribution in [2.45, 2.75) is 46.0 Å². The number of H-pyrrole nitrogens is 1. The minimum absolute atomic E-state index is 0.230. The number of aromatic amines is 1. The van der Waals surface area contributed by atoms with Gasteiger partial charge in [-0.3, -0.25) is 9.48 Å². The van der Waals surface area contributed by atoms with E-state index in [4.69, 9.17) is 15.5 Å². The maximum Gasteiger partial charge on any atom is 0.277 e. The minimum Gasteiger partial charge on any atom is -0.493 e. The van der Waals surface area contributed by atoms with Gasteiger partial charge in [0.05, 0.1) is 23.6 Å². The second kappa shape index (κ2) is 9.42. The SMILES string of the molecule is CCCc1nn(C)c2c(=O)[nH]c(-c3cc(N=C(N)N4CCCCC4)ccc3OCC)nc12. The number of ether oxygens (including phenoxy) is 1. The van der Waals surface area contributed by atoms with Gasteiger partial charge in [-0.2, -0.15) is 5.10 Å². The number of nitrogens with one attached hydrogen (secondary N) is 1. The molecule has 9 nitrogen and oxygen atoms in total. The number of guanidine groups is 1. The Kier molecular flexibility index (Phi) is 6.43. The standard InChI is InChI=1S/C23H31N7O2/c1-4-9-17-19-20(29(3)28-17)22(31)27-21(26-19)16-14-15(10-11-18(16)32-5-2)25-23(24)30-12-7-6-8-13-30/h10-11,14H,4-9,12-13H2,1-3H3,(H2,24,25)(H,26,27,31). The second-order valence-electron chi connectivity index (χ2n) is 8.06. The van der Waals surface area contributed by atoms with Gasteiger partial charge < -0.3 is 20.4 Å². The van der Waals surface area contributed by atoms with Crippen molar-refractivity contribution < 1.29 is 4.74 Å². The van der Waals surface area contributed by atoms with Gasteiger partial charge in [-0.15, -0.1) is 0 Å².